The molecule has 15 heavy (non-hydrogen) atoms. The lowest BCUT2D eigenvalue weighted by Crippen LogP contribution is -2.07. The summed E-state index contributed by atoms with van der Waals surface area (Å²) in [6, 6.07) is 2.87. The van der Waals surface area contributed by atoms with Gasteiger partial charge in [-0.05, 0) is 18.2 Å². The molecule has 0 aliphatic heterocycles. The minimum Gasteiger partial charge on any atom is -0.434 e. The number of rotatable bonds is 4. The van der Waals surface area contributed by atoms with E-state index < -0.39 is 18.2 Å². The number of carbonyl (C=O) groups excluding carboxylic acids is 1. The maximum Gasteiger partial charge on any atom is 0.387 e. The molecule has 1 aromatic rings. The van der Waals surface area contributed by atoms with Crippen molar-refractivity contribution in [2.45, 2.75) is 20.0 Å². The maximum atomic E-state index is 12.8. The predicted molar refractivity (Wildman–Crippen MR) is 47.7 cm³/mol. The Hall–Kier alpha value is -1.52. The molecule has 0 saturated heterocycles. The van der Waals surface area contributed by atoms with Crippen molar-refractivity contribution in [2.24, 2.45) is 0 Å². The molecule has 0 aliphatic rings. The van der Waals surface area contributed by atoms with Crippen molar-refractivity contribution in [1.82, 2.24) is 0 Å². The fourth-order valence-electron chi connectivity index (χ4n) is 1.11. The summed E-state index contributed by atoms with van der Waals surface area (Å²) in [5.41, 5.74) is -0.155. The molecule has 0 bridgehead atoms. The van der Waals surface area contributed by atoms with E-state index in [1.807, 2.05) is 0 Å². The Labute approximate surface area is 84.7 Å². The molecule has 0 N–H and O–H groups in total. The van der Waals surface area contributed by atoms with Gasteiger partial charge in [0.1, 0.15) is 11.6 Å². The summed E-state index contributed by atoms with van der Waals surface area (Å²) in [7, 11) is 0. The van der Waals surface area contributed by atoms with Gasteiger partial charge >= 0.3 is 6.61 Å². The van der Waals surface area contributed by atoms with Gasteiger partial charge in [-0.3, -0.25) is 4.79 Å². The van der Waals surface area contributed by atoms with E-state index in [0.717, 1.165) is 18.2 Å². The fourth-order valence-corrected chi connectivity index (χ4v) is 1.11. The highest BCUT2D eigenvalue weighted by Gasteiger charge is 2.15. The zero-order chi connectivity index (χ0) is 11.4. The van der Waals surface area contributed by atoms with Crippen LogP contribution in [-0.2, 0) is 0 Å². The van der Waals surface area contributed by atoms with Crippen LogP contribution in [0.1, 0.15) is 23.7 Å². The highest BCUT2D eigenvalue weighted by Crippen LogP contribution is 2.23. The highest BCUT2D eigenvalue weighted by atomic mass is 19.3. The first kappa shape index (κ1) is 11.6. The molecule has 0 aromatic heterocycles. The third-order valence-electron chi connectivity index (χ3n) is 1.78. The lowest BCUT2D eigenvalue weighted by molar-refractivity contribution is -0.0502. The van der Waals surface area contributed by atoms with Crippen molar-refractivity contribution in [1.29, 1.82) is 0 Å². The third-order valence-corrected chi connectivity index (χ3v) is 1.78. The summed E-state index contributed by atoms with van der Waals surface area (Å²) >= 11 is 0. The van der Waals surface area contributed by atoms with Crippen LogP contribution in [0.15, 0.2) is 18.2 Å². The minimum atomic E-state index is -3.03. The molecule has 82 valence electrons. The van der Waals surface area contributed by atoms with Crippen LogP contribution >= 0.6 is 0 Å². The summed E-state index contributed by atoms with van der Waals surface area (Å²) in [6.45, 7) is -1.47. The van der Waals surface area contributed by atoms with Crippen molar-refractivity contribution < 1.29 is 22.7 Å². The van der Waals surface area contributed by atoms with Crippen molar-refractivity contribution in [3.05, 3.63) is 29.6 Å². The van der Waals surface area contributed by atoms with Crippen molar-refractivity contribution in [2.75, 3.05) is 0 Å². The van der Waals surface area contributed by atoms with Gasteiger partial charge in [0.05, 0.1) is 5.56 Å². The van der Waals surface area contributed by atoms with Crippen LogP contribution < -0.4 is 4.74 Å². The van der Waals surface area contributed by atoms with E-state index in [1.54, 1.807) is 6.92 Å². The molecule has 0 amide bonds. The summed E-state index contributed by atoms with van der Waals surface area (Å²) in [5.74, 6) is -1.39. The van der Waals surface area contributed by atoms with Gasteiger partial charge in [-0.15, -0.1) is 0 Å². The van der Waals surface area contributed by atoms with E-state index in [0.29, 0.717) is 0 Å². The van der Waals surface area contributed by atoms with Crippen LogP contribution in [0, 0.1) is 5.82 Å². The number of Topliss-reactive ketones (excluding diaryl/α,β-unsaturated/α-hetero) is 1. The second-order valence-electron chi connectivity index (χ2n) is 2.80. The van der Waals surface area contributed by atoms with Gasteiger partial charge in [-0.2, -0.15) is 8.78 Å². The van der Waals surface area contributed by atoms with Crippen LogP contribution in [0.25, 0.3) is 0 Å². The van der Waals surface area contributed by atoms with Crippen LogP contribution in [0.5, 0.6) is 5.75 Å². The van der Waals surface area contributed by atoms with E-state index >= 15 is 0 Å². The second kappa shape index (κ2) is 4.82. The zero-order valence-electron chi connectivity index (χ0n) is 7.97. The Morgan fingerprint density at radius 2 is 2.13 bits per heavy atom. The third kappa shape index (κ3) is 2.97. The molecule has 0 spiro atoms. The molecule has 2 nitrogen and oxygen atoms in total. The molecular weight excluding hydrogens is 209 g/mol. The zero-order valence-corrected chi connectivity index (χ0v) is 7.97. The quantitative estimate of drug-likeness (QED) is 0.726. The molecule has 0 atom stereocenters. The number of carbonyl (C=O) groups is 1. The molecular formula is C10H9F3O2. The Bertz CT molecular complexity index is 364. The van der Waals surface area contributed by atoms with E-state index in [4.69, 9.17) is 0 Å². The average Bonchev–Trinajstić information content (AvgIpc) is 2.19. The first-order chi connectivity index (χ1) is 7.04. The van der Waals surface area contributed by atoms with E-state index in [-0.39, 0.29) is 17.7 Å². The maximum absolute atomic E-state index is 12.8. The SMILES string of the molecule is CCC(=O)c1cc(F)ccc1OC(F)F. The van der Waals surface area contributed by atoms with Gasteiger partial charge in [-0.25, -0.2) is 4.39 Å². The smallest absolute Gasteiger partial charge is 0.387 e. The molecule has 0 aliphatic carbocycles. The molecule has 0 fully saturated rings. The van der Waals surface area contributed by atoms with Gasteiger partial charge in [-0.1, -0.05) is 6.92 Å². The number of hydrogen-bond acceptors (Lipinski definition) is 2. The molecule has 0 heterocycles. The minimum absolute atomic E-state index is 0.100. The molecule has 0 saturated carbocycles. The monoisotopic (exact) mass is 218 g/mol. The summed E-state index contributed by atoms with van der Waals surface area (Å²) in [4.78, 5) is 11.3. The summed E-state index contributed by atoms with van der Waals surface area (Å²) < 4.78 is 40.8. The number of ketones is 1. The first-order valence-electron chi connectivity index (χ1n) is 4.32. The first-order valence-corrected chi connectivity index (χ1v) is 4.32. The van der Waals surface area contributed by atoms with Gasteiger partial charge in [0, 0.05) is 6.42 Å². The second-order valence-corrected chi connectivity index (χ2v) is 2.80. The number of benzene rings is 1. The van der Waals surface area contributed by atoms with Crippen molar-refractivity contribution >= 4 is 5.78 Å². The number of ether oxygens (including phenoxy) is 1. The lowest BCUT2D eigenvalue weighted by Gasteiger charge is -2.08. The van der Waals surface area contributed by atoms with Crippen molar-refractivity contribution in [3.63, 3.8) is 0 Å². The van der Waals surface area contributed by atoms with Gasteiger partial charge in [0.25, 0.3) is 0 Å². The molecule has 5 heteroatoms. The summed E-state index contributed by atoms with van der Waals surface area (Å²) in [6.07, 6.45) is 0.100. The van der Waals surface area contributed by atoms with Crippen molar-refractivity contribution in [3.8, 4) is 5.75 Å². The molecule has 0 radical (unpaired) electrons. The van der Waals surface area contributed by atoms with Crippen LogP contribution in [0.4, 0.5) is 13.2 Å². The Balaban J connectivity index is 3.08. The van der Waals surface area contributed by atoms with Gasteiger partial charge in [0.15, 0.2) is 5.78 Å². The Kier molecular flexibility index (Phi) is 3.71. The Morgan fingerprint density at radius 1 is 1.47 bits per heavy atom. The number of alkyl halides is 2. The molecule has 1 aromatic carbocycles. The largest absolute Gasteiger partial charge is 0.434 e. The van der Waals surface area contributed by atoms with E-state index in [1.165, 1.54) is 0 Å². The molecule has 0 unspecified atom stereocenters. The predicted octanol–water partition coefficient (Wildman–Crippen LogP) is 3.02. The van der Waals surface area contributed by atoms with Gasteiger partial charge in [0.2, 0.25) is 0 Å². The lowest BCUT2D eigenvalue weighted by atomic mass is 10.1. The van der Waals surface area contributed by atoms with Crippen LogP contribution in [-0.4, -0.2) is 12.4 Å². The average molecular weight is 218 g/mol. The van der Waals surface area contributed by atoms with Crippen LogP contribution in [0.3, 0.4) is 0 Å². The fraction of sp³-hybridized carbons (Fsp3) is 0.300. The highest BCUT2D eigenvalue weighted by molar-refractivity contribution is 5.98. The standard InChI is InChI=1S/C10H9F3O2/c1-2-8(14)7-5-6(11)3-4-9(7)15-10(12)13/h3-5,10H,2H2,1H3. The van der Waals surface area contributed by atoms with Crippen LogP contribution in [0.2, 0.25) is 0 Å². The topological polar surface area (TPSA) is 26.3 Å². The molecule has 1 rings (SSSR count). The normalized spacial score (nSPS) is 10.5. The number of halogens is 3. The van der Waals surface area contributed by atoms with E-state index in [9.17, 15) is 18.0 Å². The van der Waals surface area contributed by atoms with E-state index in [2.05, 4.69) is 4.74 Å². The van der Waals surface area contributed by atoms with Gasteiger partial charge < -0.3 is 4.74 Å². The number of hydrogen-bond donors (Lipinski definition) is 0. The Morgan fingerprint density at radius 3 is 2.67 bits per heavy atom. The summed E-state index contributed by atoms with van der Waals surface area (Å²) in [5, 5.41) is 0.